The Hall–Kier alpha value is -4.16. The van der Waals surface area contributed by atoms with E-state index in [0.29, 0.717) is 54.0 Å². The van der Waals surface area contributed by atoms with E-state index in [0.717, 1.165) is 0 Å². The molecule has 0 unspecified atom stereocenters. The predicted octanol–water partition coefficient (Wildman–Crippen LogP) is 5.05. The van der Waals surface area contributed by atoms with Crippen LogP contribution in [-0.4, -0.2) is 38.5 Å². The first-order chi connectivity index (χ1) is 16.9. The lowest BCUT2D eigenvalue weighted by molar-refractivity contribution is -0.112. The van der Waals surface area contributed by atoms with Crippen molar-refractivity contribution >= 4 is 29.4 Å². The molecular weight excluding hydrogens is 474 g/mol. The number of nitrogens with zero attached hydrogens (tertiary/aromatic N) is 2. The summed E-state index contributed by atoms with van der Waals surface area (Å²) in [6, 6.07) is 14.0. The second-order valence-electron chi connectivity index (χ2n) is 7.18. The number of nitriles is 1. The van der Waals surface area contributed by atoms with E-state index >= 15 is 0 Å². The Morgan fingerprint density at radius 1 is 1.11 bits per heavy atom. The van der Waals surface area contributed by atoms with Crippen LogP contribution in [0.4, 0.5) is 5.82 Å². The van der Waals surface area contributed by atoms with E-state index in [1.54, 1.807) is 32.2 Å². The minimum atomic E-state index is -0.633. The molecule has 10 heteroatoms. The molecule has 1 heterocycles. The number of methoxy groups -OCH3 is 2. The smallest absolute Gasteiger partial charge is 0.267 e. The summed E-state index contributed by atoms with van der Waals surface area (Å²) in [6.45, 7) is 2.42. The van der Waals surface area contributed by atoms with Crippen LogP contribution >= 0.6 is 11.6 Å². The average Bonchev–Trinajstić information content (AvgIpc) is 3.27. The summed E-state index contributed by atoms with van der Waals surface area (Å²) in [7, 11) is 3.06. The third kappa shape index (κ3) is 6.91. The van der Waals surface area contributed by atoms with E-state index in [9.17, 15) is 10.1 Å². The van der Waals surface area contributed by atoms with Gasteiger partial charge in [-0.15, -0.1) is 0 Å². The fourth-order valence-corrected chi connectivity index (χ4v) is 3.31. The minimum Gasteiger partial charge on any atom is -0.493 e. The van der Waals surface area contributed by atoms with Gasteiger partial charge >= 0.3 is 0 Å². The molecular formula is C25H24ClN3O6. The number of amides is 1. The van der Waals surface area contributed by atoms with Crippen LogP contribution in [-0.2, 0) is 4.79 Å². The summed E-state index contributed by atoms with van der Waals surface area (Å²) < 4.78 is 27.1. The molecule has 0 atom stereocenters. The third-order valence-corrected chi connectivity index (χ3v) is 4.94. The van der Waals surface area contributed by atoms with Gasteiger partial charge in [-0.3, -0.25) is 4.79 Å². The quantitative estimate of drug-likeness (QED) is 0.222. The van der Waals surface area contributed by atoms with E-state index in [1.807, 2.05) is 30.3 Å². The summed E-state index contributed by atoms with van der Waals surface area (Å²) in [4.78, 5) is 12.4. The molecule has 0 aliphatic carbocycles. The van der Waals surface area contributed by atoms with Crippen molar-refractivity contribution < 1.29 is 28.3 Å². The van der Waals surface area contributed by atoms with Gasteiger partial charge in [-0.05, 0) is 42.8 Å². The van der Waals surface area contributed by atoms with Crippen molar-refractivity contribution in [2.24, 2.45) is 0 Å². The van der Waals surface area contributed by atoms with Gasteiger partial charge in [0.05, 0.1) is 32.5 Å². The van der Waals surface area contributed by atoms with E-state index in [4.69, 9.17) is 35.1 Å². The highest BCUT2D eigenvalue weighted by Crippen LogP contribution is 2.37. The SMILES string of the molecule is COc1ccccc1OCCCOc1c(Cl)cc(/C=C(/C#N)C(=O)Nc2cc(C)on2)cc1OC. The minimum absolute atomic E-state index is 0.147. The van der Waals surface area contributed by atoms with Crippen LogP contribution < -0.4 is 24.3 Å². The highest BCUT2D eigenvalue weighted by atomic mass is 35.5. The highest BCUT2D eigenvalue weighted by molar-refractivity contribution is 6.32. The fourth-order valence-electron chi connectivity index (χ4n) is 3.04. The van der Waals surface area contributed by atoms with E-state index in [1.165, 1.54) is 13.2 Å². The van der Waals surface area contributed by atoms with Crippen LogP contribution in [0.3, 0.4) is 0 Å². The highest BCUT2D eigenvalue weighted by Gasteiger charge is 2.15. The number of carbonyl (C=O) groups is 1. The van der Waals surface area contributed by atoms with E-state index < -0.39 is 5.91 Å². The van der Waals surface area contributed by atoms with Crippen LogP contribution in [0.25, 0.3) is 6.08 Å². The van der Waals surface area contributed by atoms with Gasteiger partial charge in [-0.25, -0.2) is 0 Å². The lowest BCUT2D eigenvalue weighted by atomic mass is 10.1. The molecule has 3 rings (SSSR count). The van der Waals surface area contributed by atoms with Crippen molar-refractivity contribution in [3.63, 3.8) is 0 Å². The Labute approximate surface area is 207 Å². The molecule has 0 fully saturated rings. The number of rotatable bonds is 11. The molecule has 1 N–H and O–H groups in total. The van der Waals surface area contributed by atoms with Gasteiger partial charge in [0.2, 0.25) is 0 Å². The van der Waals surface area contributed by atoms with Crippen molar-refractivity contribution in [2.75, 3.05) is 32.8 Å². The second kappa shape index (κ2) is 12.3. The fraction of sp³-hybridized carbons (Fsp3) is 0.240. The molecule has 182 valence electrons. The van der Waals surface area contributed by atoms with Crippen molar-refractivity contribution in [1.82, 2.24) is 5.16 Å². The molecule has 0 aliphatic heterocycles. The Morgan fingerprint density at radius 2 is 1.83 bits per heavy atom. The van der Waals surface area contributed by atoms with E-state index in [-0.39, 0.29) is 16.4 Å². The number of para-hydroxylation sites is 2. The zero-order valence-corrected chi connectivity index (χ0v) is 20.2. The summed E-state index contributed by atoms with van der Waals surface area (Å²) in [6.07, 6.45) is 1.97. The van der Waals surface area contributed by atoms with Crippen LogP contribution in [0.5, 0.6) is 23.0 Å². The molecule has 1 amide bonds. The zero-order valence-electron chi connectivity index (χ0n) is 19.5. The third-order valence-electron chi connectivity index (χ3n) is 4.66. The standard InChI is InChI=1S/C25H24ClN3O6/c1-16-11-23(29-35-16)28-25(30)18(15-27)12-17-13-19(26)24(22(14-17)32-3)34-10-6-9-33-21-8-5-4-7-20(21)31-2/h4-5,7-8,11-14H,6,9-10H2,1-3H3,(H,28,29,30)/b18-12-. The van der Waals surface area contributed by atoms with Crippen LogP contribution in [0.2, 0.25) is 5.02 Å². The van der Waals surface area contributed by atoms with Gasteiger partial charge < -0.3 is 28.8 Å². The normalized spacial score (nSPS) is 10.9. The Kier molecular flexibility index (Phi) is 8.98. The topological polar surface area (TPSA) is 116 Å². The first-order valence-corrected chi connectivity index (χ1v) is 11.0. The molecule has 9 nitrogen and oxygen atoms in total. The molecule has 35 heavy (non-hydrogen) atoms. The maximum Gasteiger partial charge on any atom is 0.267 e. The number of hydrogen-bond acceptors (Lipinski definition) is 8. The molecule has 0 saturated heterocycles. The van der Waals surface area contributed by atoms with Gasteiger partial charge in [-0.1, -0.05) is 28.9 Å². The number of benzene rings is 2. The monoisotopic (exact) mass is 497 g/mol. The zero-order chi connectivity index (χ0) is 25.2. The number of aromatic nitrogens is 1. The maximum absolute atomic E-state index is 12.4. The average molecular weight is 498 g/mol. The van der Waals surface area contributed by atoms with Crippen molar-refractivity contribution in [3.05, 3.63) is 64.4 Å². The van der Waals surface area contributed by atoms with Gasteiger partial charge in [0, 0.05) is 12.5 Å². The van der Waals surface area contributed by atoms with Gasteiger partial charge in [0.15, 0.2) is 28.8 Å². The molecule has 0 spiro atoms. The van der Waals surface area contributed by atoms with Crippen LogP contribution in [0.15, 0.2) is 52.6 Å². The number of ether oxygens (including phenoxy) is 4. The molecule has 3 aromatic rings. The molecule has 0 bridgehead atoms. The molecule has 0 radical (unpaired) electrons. The molecule has 1 aromatic heterocycles. The largest absolute Gasteiger partial charge is 0.493 e. The summed E-state index contributed by atoms with van der Waals surface area (Å²) in [5, 5.41) is 15.9. The van der Waals surface area contributed by atoms with Crippen molar-refractivity contribution in [3.8, 4) is 29.1 Å². The molecule has 2 aromatic carbocycles. The Bertz CT molecular complexity index is 1250. The van der Waals surface area contributed by atoms with Gasteiger partial charge in [-0.2, -0.15) is 5.26 Å². The van der Waals surface area contributed by atoms with Gasteiger partial charge in [0.25, 0.3) is 5.91 Å². The van der Waals surface area contributed by atoms with Crippen LogP contribution in [0, 0.1) is 18.3 Å². The Morgan fingerprint density at radius 3 is 2.49 bits per heavy atom. The number of aryl methyl sites for hydroxylation is 1. The van der Waals surface area contributed by atoms with Crippen LogP contribution in [0.1, 0.15) is 17.7 Å². The molecule has 0 aliphatic rings. The van der Waals surface area contributed by atoms with Crippen molar-refractivity contribution in [2.45, 2.75) is 13.3 Å². The first-order valence-electron chi connectivity index (χ1n) is 10.6. The van der Waals surface area contributed by atoms with E-state index in [2.05, 4.69) is 10.5 Å². The van der Waals surface area contributed by atoms with Gasteiger partial charge in [0.1, 0.15) is 17.4 Å². The predicted molar refractivity (Wildman–Crippen MR) is 130 cm³/mol. The number of hydrogen-bond donors (Lipinski definition) is 1. The summed E-state index contributed by atoms with van der Waals surface area (Å²) in [5.74, 6) is 2.13. The number of nitrogens with one attached hydrogen (secondary N) is 1. The number of anilines is 1. The summed E-state index contributed by atoms with van der Waals surface area (Å²) in [5.41, 5.74) is 0.340. The maximum atomic E-state index is 12.4. The number of carbonyl (C=O) groups excluding carboxylic acids is 1. The summed E-state index contributed by atoms with van der Waals surface area (Å²) >= 11 is 6.41. The second-order valence-corrected chi connectivity index (χ2v) is 7.59. The lowest BCUT2D eigenvalue weighted by Crippen LogP contribution is -2.13. The van der Waals surface area contributed by atoms with Crippen molar-refractivity contribution in [1.29, 1.82) is 5.26 Å². The molecule has 0 saturated carbocycles. The first kappa shape index (κ1) is 25.5. The number of halogens is 1. The Balaban J connectivity index is 1.63. The lowest BCUT2D eigenvalue weighted by Gasteiger charge is -2.14.